The second-order valence-electron chi connectivity index (χ2n) is 4.41. The number of hydrogen-bond donors (Lipinski definition) is 2. The Kier molecular flexibility index (Phi) is 5.14. The van der Waals surface area contributed by atoms with Crippen LogP contribution in [0.5, 0.6) is 0 Å². The highest BCUT2D eigenvalue weighted by Crippen LogP contribution is 2.23. The average Bonchev–Trinajstić information content (AvgIpc) is 2.25. The van der Waals surface area contributed by atoms with Crippen LogP contribution >= 0.6 is 0 Å². The Morgan fingerprint density at radius 2 is 1.88 bits per heavy atom. The Bertz CT molecular complexity index is 398. The summed E-state index contributed by atoms with van der Waals surface area (Å²) < 4.78 is 0. The van der Waals surface area contributed by atoms with Crippen molar-refractivity contribution in [2.24, 2.45) is 0 Å². The van der Waals surface area contributed by atoms with Crippen molar-refractivity contribution in [1.82, 2.24) is 5.32 Å². The summed E-state index contributed by atoms with van der Waals surface area (Å²) in [5.41, 5.74) is 4.57. The first-order chi connectivity index (χ1) is 8.10. The maximum atomic E-state index is 9.22. The van der Waals surface area contributed by atoms with Crippen LogP contribution in [0.25, 0.3) is 0 Å². The zero-order valence-electron chi connectivity index (χ0n) is 10.7. The lowest BCUT2D eigenvalue weighted by Crippen LogP contribution is -2.23. The Labute approximate surface area is 103 Å². The lowest BCUT2D eigenvalue weighted by Gasteiger charge is -2.17. The molecule has 3 nitrogen and oxygen atoms in total. The van der Waals surface area contributed by atoms with Crippen molar-refractivity contribution in [3.63, 3.8) is 0 Å². The molecular formula is C14H20N2O. The van der Waals surface area contributed by atoms with Gasteiger partial charge in [0.2, 0.25) is 0 Å². The molecule has 0 spiro atoms. The van der Waals surface area contributed by atoms with Gasteiger partial charge >= 0.3 is 0 Å². The fraction of sp³-hybridized carbons (Fsp3) is 0.500. The highest BCUT2D eigenvalue weighted by atomic mass is 16.3. The van der Waals surface area contributed by atoms with Gasteiger partial charge in [-0.15, -0.1) is 0 Å². The van der Waals surface area contributed by atoms with Crippen molar-refractivity contribution in [2.45, 2.75) is 33.2 Å². The molecule has 0 fully saturated rings. The van der Waals surface area contributed by atoms with Gasteiger partial charge in [0.05, 0.1) is 6.07 Å². The van der Waals surface area contributed by atoms with Gasteiger partial charge in [0.1, 0.15) is 6.04 Å². The van der Waals surface area contributed by atoms with E-state index < -0.39 is 0 Å². The van der Waals surface area contributed by atoms with Crippen molar-refractivity contribution in [1.29, 1.82) is 5.26 Å². The van der Waals surface area contributed by atoms with Gasteiger partial charge in [-0.3, -0.25) is 5.32 Å². The second kappa shape index (κ2) is 6.39. The van der Waals surface area contributed by atoms with Crippen molar-refractivity contribution >= 4 is 0 Å². The molecule has 1 aromatic carbocycles. The first kappa shape index (κ1) is 13.7. The van der Waals surface area contributed by atoms with Crippen LogP contribution in [-0.4, -0.2) is 18.3 Å². The van der Waals surface area contributed by atoms with Crippen molar-refractivity contribution in [3.05, 3.63) is 34.4 Å². The van der Waals surface area contributed by atoms with E-state index in [-0.39, 0.29) is 12.6 Å². The fourth-order valence-corrected chi connectivity index (χ4v) is 2.18. The Morgan fingerprint density at radius 3 is 2.35 bits per heavy atom. The average molecular weight is 232 g/mol. The molecule has 0 aliphatic rings. The molecule has 0 amide bonds. The lowest BCUT2D eigenvalue weighted by atomic mass is 9.94. The van der Waals surface area contributed by atoms with E-state index in [9.17, 15) is 5.26 Å². The minimum Gasteiger partial charge on any atom is -0.396 e. The number of aliphatic hydroxyl groups is 1. The van der Waals surface area contributed by atoms with Crippen LogP contribution < -0.4 is 5.32 Å². The second-order valence-corrected chi connectivity index (χ2v) is 4.41. The summed E-state index contributed by atoms with van der Waals surface area (Å²) in [4.78, 5) is 0. The summed E-state index contributed by atoms with van der Waals surface area (Å²) >= 11 is 0. The smallest absolute Gasteiger partial charge is 0.121 e. The van der Waals surface area contributed by atoms with Gasteiger partial charge in [-0.1, -0.05) is 17.7 Å². The summed E-state index contributed by atoms with van der Waals surface area (Å²) in [6.07, 6.45) is 0.669. The number of aryl methyl sites for hydroxylation is 3. The van der Waals surface area contributed by atoms with E-state index in [1.54, 1.807) is 0 Å². The number of benzene rings is 1. The largest absolute Gasteiger partial charge is 0.396 e. The van der Waals surface area contributed by atoms with E-state index in [2.05, 4.69) is 30.4 Å². The molecule has 0 heterocycles. The van der Waals surface area contributed by atoms with Crippen LogP contribution in [-0.2, 0) is 0 Å². The number of nitriles is 1. The first-order valence-corrected chi connectivity index (χ1v) is 5.91. The Balaban J connectivity index is 2.93. The highest BCUT2D eigenvalue weighted by molar-refractivity contribution is 5.41. The predicted molar refractivity (Wildman–Crippen MR) is 68.7 cm³/mol. The number of aliphatic hydroxyl groups excluding tert-OH is 1. The summed E-state index contributed by atoms with van der Waals surface area (Å²) in [6, 6.07) is 6.19. The van der Waals surface area contributed by atoms with E-state index in [0.29, 0.717) is 13.0 Å². The Hall–Kier alpha value is -1.37. The molecule has 17 heavy (non-hydrogen) atoms. The van der Waals surface area contributed by atoms with Crippen LogP contribution in [0.15, 0.2) is 12.1 Å². The van der Waals surface area contributed by atoms with Crippen LogP contribution in [0.2, 0.25) is 0 Å². The molecule has 0 radical (unpaired) electrons. The van der Waals surface area contributed by atoms with Gasteiger partial charge in [0.15, 0.2) is 0 Å². The van der Waals surface area contributed by atoms with Crippen LogP contribution in [0.1, 0.15) is 34.7 Å². The molecule has 2 N–H and O–H groups in total. The molecule has 92 valence electrons. The molecule has 3 heteroatoms. The maximum absolute atomic E-state index is 9.22. The van der Waals surface area contributed by atoms with Crippen molar-refractivity contribution in [3.8, 4) is 6.07 Å². The summed E-state index contributed by atoms with van der Waals surface area (Å²) in [7, 11) is 0. The zero-order valence-corrected chi connectivity index (χ0v) is 10.7. The molecule has 0 aromatic heterocycles. The number of nitrogens with zero attached hydrogens (tertiary/aromatic N) is 1. The third-order valence-corrected chi connectivity index (χ3v) is 2.84. The molecule has 0 bridgehead atoms. The van der Waals surface area contributed by atoms with Crippen molar-refractivity contribution < 1.29 is 5.11 Å². The van der Waals surface area contributed by atoms with E-state index in [1.807, 2.05) is 13.8 Å². The van der Waals surface area contributed by atoms with Gasteiger partial charge in [0.25, 0.3) is 0 Å². The van der Waals surface area contributed by atoms with Gasteiger partial charge < -0.3 is 5.11 Å². The lowest BCUT2D eigenvalue weighted by molar-refractivity contribution is 0.285. The van der Waals surface area contributed by atoms with Crippen LogP contribution in [0.3, 0.4) is 0 Å². The molecule has 1 atom stereocenters. The topological polar surface area (TPSA) is 56.0 Å². The summed E-state index contributed by atoms with van der Waals surface area (Å²) in [6.45, 7) is 6.93. The van der Waals surface area contributed by atoms with Gasteiger partial charge in [-0.25, -0.2) is 0 Å². The molecule has 1 aromatic rings. The van der Waals surface area contributed by atoms with E-state index in [4.69, 9.17) is 5.11 Å². The third-order valence-electron chi connectivity index (χ3n) is 2.84. The third kappa shape index (κ3) is 3.55. The Morgan fingerprint density at radius 1 is 1.29 bits per heavy atom. The molecular weight excluding hydrogens is 212 g/mol. The normalized spacial score (nSPS) is 12.2. The molecule has 0 aliphatic heterocycles. The van der Waals surface area contributed by atoms with Gasteiger partial charge in [0, 0.05) is 6.61 Å². The summed E-state index contributed by atoms with van der Waals surface area (Å²) in [5.74, 6) is 0. The number of nitrogens with one attached hydrogen (secondary N) is 1. The predicted octanol–water partition coefficient (Wildman–Crippen LogP) is 2.15. The van der Waals surface area contributed by atoms with Gasteiger partial charge in [-0.05, 0) is 50.4 Å². The van der Waals surface area contributed by atoms with E-state index in [0.717, 1.165) is 16.7 Å². The summed E-state index contributed by atoms with van der Waals surface area (Å²) in [5, 5.41) is 21.1. The number of rotatable bonds is 5. The number of hydrogen-bond acceptors (Lipinski definition) is 3. The van der Waals surface area contributed by atoms with Crippen LogP contribution in [0, 0.1) is 32.1 Å². The molecule has 1 rings (SSSR count). The minimum absolute atomic E-state index is 0.150. The van der Waals surface area contributed by atoms with Gasteiger partial charge in [-0.2, -0.15) is 5.26 Å². The van der Waals surface area contributed by atoms with E-state index in [1.165, 1.54) is 5.56 Å². The highest BCUT2D eigenvalue weighted by Gasteiger charge is 2.14. The quantitative estimate of drug-likeness (QED) is 0.765. The molecule has 0 saturated carbocycles. The zero-order chi connectivity index (χ0) is 12.8. The van der Waals surface area contributed by atoms with Crippen molar-refractivity contribution in [2.75, 3.05) is 13.2 Å². The molecule has 0 aliphatic carbocycles. The van der Waals surface area contributed by atoms with Crippen LogP contribution in [0.4, 0.5) is 0 Å². The molecule has 0 saturated heterocycles. The first-order valence-electron chi connectivity index (χ1n) is 5.91. The monoisotopic (exact) mass is 232 g/mol. The van der Waals surface area contributed by atoms with E-state index >= 15 is 0 Å². The maximum Gasteiger partial charge on any atom is 0.121 e. The SMILES string of the molecule is Cc1cc(C)c(C(C#N)NCCCO)c(C)c1. The minimum atomic E-state index is -0.290. The standard InChI is InChI=1S/C14H20N2O/c1-10-7-11(2)14(12(3)8-10)13(9-15)16-5-4-6-17/h7-8,13,16-17H,4-6H2,1-3H3. The molecule has 1 unspecified atom stereocenters. The fourth-order valence-electron chi connectivity index (χ4n) is 2.18.